The fourth-order valence-corrected chi connectivity index (χ4v) is 2.53. The zero-order valence-electron chi connectivity index (χ0n) is 11.0. The predicted molar refractivity (Wildman–Crippen MR) is 76.9 cm³/mol. The van der Waals surface area contributed by atoms with Gasteiger partial charge in [-0.25, -0.2) is 4.39 Å². The molecule has 20 heavy (non-hydrogen) atoms. The van der Waals surface area contributed by atoms with E-state index in [1.54, 1.807) is 0 Å². The molecule has 1 aromatic rings. The van der Waals surface area contributed by atoms with Gasteiger partial charge in [0.25, 0.3) is 5.91 Å². The van der Waals surface area contributed by atoms with Crippen molar-refractivity contribution in [2.24, 2.45) is 0 Å². The normalized spacial score (nSPS) is 14.4. The lowest BCUT2D eigenvalue weighted by Gasteiger charge is -2.15. The molecule has 1 heterocycles. The van der Waals surface area contributed by atoms with Gasteiger partial charge in [-0.3, -0.25) is 9.59 Å². The Balaban J connectivity index is 1.79. The first kappa shape index (κ1) is 15.0. The minimum Gasteiger partial charge on any atom is -0.352 e. The van der Waals surface area contributed by atoms with E-state index in [1.807, 2.05) is 4.90 Å². The topological polar surface area (TPSA) is 49.4 Å². The molecule has 2 amide bonds. The number of benzene rings is 1. The summed E-state index contributed by atoms with van der Waals surface area (Å²) in [6.07, 6.45) is 2.41. The molecular formula is C14H16BrFN2O2. The number of amides is 2. The lowest BCUT2D eigenvalue weighted by molar-refractivity contribution is -0.129. The van der Waals surface area contributed by atoms with Crippen LogP contribution in [0.4, 0.5) is 4.39 Å². The molecule has 1 fully saturated rings. The van der Waals surface area contributed by atoms with E-state index in [4.69, 9.17) is 0 Å². The molecule has 0 radical (unpaired) electrons. The van der Waals surface area contributed by atoms with E-state index < -0.39 is 5.82 Å². The van der Waals surface area contributed by atoms with Gasteiger partial charge in [0.15, 0.2) is 0 Å². The van der Waals surface area contributed by atoms with Crippen molar-refractivity contribution in [3.8, 4) is 0 Å². The summed E-state index contributed by atoms with van der Waals surface area (Å²) in [5.41, 5.74) is 0.367. The van der Waals surface area contributed by atoms with Crippen molar-refractivity contribution in [3.63, 3.8) is 0 Å². The van der Waals surface area contributed by atoms with E-state index in [-0.39, 0.29) is 16.3 Å². The maximum absolute atomic E-state index is 13.1. The van der Waals surface area contributed by atoms with Crippen molar-refractivity contribution >= 4 is 27.7 Å². The minimum absolute atomic E-state index is 0.0723. The molecule has 0 spiro atoms. The van der Waals surface area contributed by atoms with Crippen LogP contribution in [0.25, 0.3) is 0 Å². The summed E-state index contributed by atoms with van der Waals surface area (Å²) in [5, 5.41) is 2.67. The Hall–Kier alpha value is -1.43. The molecule has 1 aromatic carbocycles. The third-order valence-electron chi connectivity index (χ3n) is 3.26. The van der Waals surface area contributed by atoms with Crippen LogP contribution < -0.4 is 5.32 Å². The molecular weight excluding hydrogens is 327 g/mol. The Labute approximate surface area is 125 Å². The number of nitrogens with zero attached hydrogens (tertiary/aromatic N) is 1. The zero-order valence-corrected chi connectivity index (χ0v) is 12.6. The largest absolute Gasteiger partial charge is 0.352 e. The van der Waals surface area contributed by atoms with Crippen LogP contribution in [0.5, 0.6) is 0 Å². The van der Waals surface area contributed by atoms with Gasteiger partial charge in [-0.2, -0.15) is 0 Å². The smallest absolute Gasteiger partial charge is 0.251 e. The van der Waals surface area contributed by atoms with Crippen molar-refractivity contribution < 1.29 is 14.0 Å². The van der Waals surface area contributed by atoms with E-state index in [2.05, 4.69) is 21.2 Å². The summed E-state index contributed by atoms with van der Waals surface area (Å²) < 4.78 is 13.3. The summed E-state index contributed by atoms with van der Waals surface area (Å²) in [6, 6.07) is 4.07. The fourth-order valence-electron chi connectivity index (χ4n) is 2.15. The average molecular weight is 343 g/mol. The van der Waals surface area contributed by atoms with Crippen molar-refractivity contribution in [3.05, 3.63) is 34.1 Å². The van der Waals surface area contributed by atoms with E-state index in [1.165, 1.54) is 18.2 Å². The summed E-state index contributed by atoms with van der Waals surface area (Å²) in [5.74, 6) is -0.645. The quantitative estimate of drug-likeness (QED) is 0.912. The van der Waals surface area contributed by atoms with Gasteiger partial charge in [-0.1, -0.05) is 0 Å². The summed E-state index contributed by atoms with van der Waals surface area (Å²) >= 11 is 3.03. The average Bonchev–Trinajstić information content (AvgIpc) is 2.95. The first-order valence-electron chi connectivity index (χ1n) is 6.59. The van der Waals surface area contributed by atoms with Crippen LogP contribution in [0, 0.1) is 5.82 Å². The van der Waals surface area contributed by atoms with Crippen LogP contribution in [0.1, 0.15) is 29.6 Å². The molecule has 4 nitrogen and oxygen atoms in total. The third kappa shape index (κ3) is 3.79. The van der Waals surface area contributed by atoms with Gasteiger partial charge in [0.1, 0.15) is 5.82 Å². The van der Waals surface area contributed by atoms with Gasteiger partial charge < -0.3 is 10.2 Å². The first-order valence-corrected chi connectivity index (χ1v) is 7.38. The molecule has 0 saturated carbocycles. The van der Waals surface area contributed by atoms with E-state index >= 15 is 0 Å². The van der Waals surface area contributed by atoms with Gasteiger partial charge in [0, 0.05) is 31.6 Å². The van der Waals surface area contributed by atoms with E-state index in [0.29, 0.717) is 18.5 Å². The third-order valence-corrected chi connectivity index (χ3v) is 3.87. The molecule has 6 heteroatoms. The lowest BCUT2D eigenvalue weighted by atomic mass is 10.2. The number of rotatable bonds is 4. The molecule has 0 aromatic heterocycles. The SMILES string of the molecule is O=C(NCCC(=O)N1CCCC1)c1ccc(F)c(Br)c1. The monoisotopic (exact) mass is 342 g/mol. The molecule has 108 valence electrons. The number of halogens is 2. The highest BCUT2D eigenvalue weighted by atomic mass is 79.9. The Morgan fingerprint density at radius 1 is 1.30 bits per heavy atom. The Bertz CT molecular complexity index is 516. The zero-order chi connectivity index (χ0) is 14.5. The second kappa shape index (κ2) is 6.83. The molecule has 1 saturated heterocycles. The Morgan fingerprint density at radius 2 is 2.00 bits per heavy atom. The summed E-state index contributed by atoms with van der Waals surface area (Å²) in [4.78, 5) is 25.4. The van der Waals surface area contributed by atoms with Gasteiger partial charge in [0.05, 0.1) is 4.47 Å². The molecule has 1 N–H and O–H groups in total. The summed E-state index contributed by atoms with van der Waals surface area (Å²) in [6.45, 7) is 1.93. The standard InChI is InChI=1S/C14H16BrFN2O2/c15-11-9-10(3-4-12(11)16)14(20)17-6-5-13(19)18-7-1-2-8-18/h3-4,9H,1-2,5-8H2,(H,17,20). The predicted octanol–water partition coefficient (Wildman–Crippen LogP) is 2.33. The van der Waals surface area contributed by atoms with Crippen molar-refractivity contribution in [2.75, 3.05) is 19.6 Å². The van der Waals surface area contributed by atoms with Gasteiger partial charge in [-0.05, 0) is 47.0 Å². The first-order chi connectivity index (χ1) is 9.58. The molecule has 2 rings (SSSR count). The van der Waals surface area contributed by atoms with Crippen molar-refractivity contribution in [1.29, 1.82) is 0 Å². The van der Waals surface area contributed by atoms with Gasteiger partial charge in [0.2, 0.25) is 5.91 Å². The molecule has 0 bridgehead atoms. The van der Waals surface area contributed by atoms with Crippen LogP contribution in [0.2, 0.25) is 0 Å². The number of likely N-dealkylation sites (tertiary alicyclic amines) is 1. The number of carbonyl (C=O) groups excluding carboxylic acids is 2. The van der Waals surface area contributed by atoms with Crippen LogP contribution in [0.3, 0.4) is 0 Å². The molecule has 0 unspecified atom stereocenters. The van der Waals surface area contributed by atoms with E-state index in [9.17, 15) is 14.0 Å². The minimum atomic E-state index is -0.411. The number of nitrogens with one attached hydrogen (secondary N) is 1. The van der Waals surface area contributed by atoms with Crippen LogP contribution in [0.15, 0.2) is 22.7 Å². The second-order valence-electron chi connectivity index (χ2n) is 4.72. The summed E-state index contributed by atoms with van der Waals surface area (Å²) in [7, 11) is 0. The number of carbonyl (C=O) groups is 2. The highest BCUT2D eigenvalue weighted by Gasteiger charge is 2.17. The molecule has 1 aliphatic heterocycles. The highest BCUT2D eigenvalue weighted by molar-refractivity contribution is 9.10. The number of hydrogen-bond donors (Lipinski definition) is 1. The molecule has 0 aliphatic carbocycles. The van der Waals surface area contributed by atoms with Gasteiger partial charge in [-0.15, -0.1) is 0 Å². The van der Waals surface area contributed by atoms with Crippen molar-refractivity contribution in [1.82, 2.24) is 10.2 Å². The molecule has 1 aliphatic rings. The maximum atomic E-state index is 13.1. The maximum Gasteiger partial charge on any atom is 0.251 e. The van der Waals surface area contributed by atoms with Gasteiger partial charge >= 0.3 is 0 Å². The van der Waals surface area contributed by atoms with Crippen LogP contribution in [-0.4, -0.2) is 36.3 Å². The van der Waals surface area contributed by atoms with E-state index in [0.717, 1.165) is 25.9 Å². The van der Waals surface area contributed by atoms with Crippen LogP contribution >= 0.6 is 15.9 Å². The van der Waals surface area contributed by atoms with Crippen LogP contribution in [-0.2, 0) is 4.79 Å². The Kier molecular flexibility index (Phi) is 5.11. The number of hydrogen-bond acceptors (Lipinski definition) is 2. The Morgan fingerprint density at radius 3 is 2.65 bits per heavy atom. The van der Waals surface area contributed by atoms with Crippen molar-refractivity contribution in [2.45, 2.75) is 19.3 Å². The second-order valence-corrected chi connectivity index (χ2v) is 5.58. The fraction of sp³-hybridized carbons (Fsp3) is 0.429. The lowest BCUT2D eigenvalue weighted by Crippen LogP contribution is -2.32. The highest BCUT2D eigenvalue weighted by Crippen LogP contribution is 2.16. The molecule has 0 atom stereocenters.